The van der Waals surface area contributed by atoms with Gasteiger partial charge in [-0.2, -0.15) is 5.10 Å². The SMILES string of the molecule is Cn1c2cc(Oc3cccc(=O)[nH]3)ccc2c2cnn(Cc3ccccc3F)c(=O)c21. The molecule has 0 unspecified atom stereocenters. The molecule has 8 heteroatoms. The number of ether oxygens (including phenoxy) is 1. The molecule has 0 aliphatic heterocycles. The Morgan fingerprint density at radius 1 is 1.03 bits per heavy atom. The molecule has 31 heavy (non-hydrogen) atoms. The Hall–Kier alpha value is -4.20. The van der Waals surface area contributed by atoms with Gasteiger partial charge in [0.15, 0.2) is 5.88 Å². The predicted octanol–water partition coefficient (Wildman–Crippen LogP) is 3.56. The number of nitrogens with one attached hydrogen (secondary N) is 1. The highest BCUT2D eigenvalue weighted by Crippen LogP contribution is 2.30. The number of benzene rings is 2. The summed E-state index contributed by atoms with van der Waals surface area (Å²) < 4.78 is 22.8. The highest BCUT2D eigenvalue weighted by Gasteiger charge is 2.15. The number of halogens is 1. The van der Waals surface area contributed by atoms with E-state index in [9.17, 15) is 14.0 Å². The van der Waals surface area contributed by atoms with Crippen LogP contribution < -0.4 is 15.9 Å². The molecule has 0 atom stereocenters. The zero-order valence-corrected chi connectivity index (χ0v) is 16.5. The van der Waals surface area contributed by atoms with Gasteiger partial charge in [-0.05, 0) is 24.3 Å². The van der Waals surface area contributed by atoms with Gasteiger partial charge < -0.3 is 9.30 Å². The van der Waals surface area contributed by atoms with E-state index in [0.29, 0.717) is 28.1 Å². The van der Waals surface area contributed by atoms with Crippen LogP contribution in [0.4, 0.5) is 4.39 Å². The minimum absolute atomic E-state index is 0.0404. The number of fused-ring (bicyclic) bond motifs is 3. The Labute approximate surface area is 174 Å². The van der Waals surface area contributed by atoms with Crippen LogP contribution in [0.15, 0.2) is 76.4 Å². The van der Waals surface area contributed by atoms with Crippen LogP contribution in [0.25, 0.3) is 21.8 Å². The first kappa shape index (κ1) is 18.8. The molecule has 0 fully saturated rings. The second-order valence-corrected chi connectivity index (χ2v) is 7.18. The lowest BCUT2D eigenvalue weighted by atomic mass is 10.2. The number of aromatic amines is 1. The first-order valence-electron chi connectivity index (χ1n) is 9.60. The molecule has 154 valence electrons. The van der Waals surface area contributed by atoms with Crippen LogP contribution in [0.5, 0.6) is 11.6 Å². The van der Waals surface area contributed by atoms with E-state index in [4.69, 9.17) is 4.74 Å². The van der Waals surface area contributed by atoms with Crippen molar-refractivity contribution < 1.29 is 9.13 Å². The molecule has 7 nitrogen and oxygen atoms in total. The molecular weight excluding hydrogens is 399 g/mol. The molecular formula is C23H17FN4O3. The maximum absolute atomic E-state index is 14.0. The van der Waals surface area contributed by atoms with E-state index in [1.165, 1.54) is 16.8 Å². The van der Waals surface area contributed by atoms with Gasteiger partial charge >= 0.3 is 0 Å². The van der Waals surface area contributed by atoms with Gasteiger partial charge in [0, 0.05) is 35.5 Å². The number of rotatable bonds is 4. The van der Waals surface area contributed by atoms with Gasteiger partial charge in [0.25, 0.3) is 11.1 Å². The molecule has 0 saturated heterocycles. The summed E-state index contributed by atoms with van der Waals surface area (Å²) in [4.78, 5) is 27.2. The van der Waals surface area contributed by atoms with Gasteiger partial charge in [0.1, 0.15) is 17.1 Å². The van der Waals surface area contributed by atoms with Crippen molar-refractivity contribution in [3.05, 3.63) is 98.9 Å². The monoisotopic (exact) mass is 416 g/mol. The van der Waals surface area contributed by atoms with Crippen molar-refractivity contribution in [1.82, 2.24) is 19.3 Å². The molecule has 2 aromatic carbocycles. The molecule has 5 rings (SSSR count). The minimum atomic E-state index is -0.380. The number of hydrogen-bond donors (Lipinski definition) is 1. The van der Waals surface area contributed by atoms with Crippen molar-refractivity contribution in [1.29, 1.82) is 0 Å². The first-order chi connectivity index (χ1) is 15.0. The fraction of sp³-hybridized carbons (Fsp3) is 0.0870. The Morgan fingerprint density at radius 3 is 2.68 bits per heavy atom. The molecule has 1 N–H and O–H groups in total. The summed E-state index contributed by atoms with van der Waals surface area (Å²) in [5.74, 6) is 0.452. The number of H-pyrrole nitrogens is 1. The molecule has 3 aromatic heterocycles. The lowest BCUT2D eigenvalue weighted by molar-refractivity contribution is 0.462. The number of aryl methyl sites for hydroxylation is 1. The first-order valence-corrected chi connectivity index (χ1v) is 9.60. The molecule has 0 aliphatic carbocycles. The molecule has 0 aliphatic rings. The van der Waals surface area contributed by atoms with Crippen molar-refractivity contribution in [2.75, 3.05) is 0 Å². The zero-order valence-electron chi connectivity index (χ0n) is 16.5. The van der Waals surface area contributed by atoms with Crippen molar-refractivity contribution in [3.63, 3.8) is 0 Å². The third-order valence-electron chi connectivity index (χ3n) is 5.22. The van der Waals surface area contributed by atoms with Crippen molar-refractivity contribution in [2.45, 2.75) is 6.54 Å². The van der Waals surface area contributed by atoms with Gasteiger partial charge in [0.05, 0.1) is 18.3 Å². The lowest BCUT2D eigenvalue weighted by Crippen LogP contribution is -2.24. The topological polar surface area (TPSA) is 81.9 Å². The number of aromatic nitrogens is 4. The fourth-order valence-corrected chi connectivity index (χ4v) is 3.72. The van der Waals surface area contributed by atoms with Crippen molar-refractivity contribution >= 4 is 21.8 Å². The summed E-state index contributed by atoms with van der Waals surface area (Å²) in [7, 11) is 1.79. The molecule has 0 spiro atoms. The van der Waals surface area contributed by atoms with Crippen LogP contribution in [0.3, 0.4) is 0 Å². The Balaban J connectivity index is 1.60. The largest absolute Gasteiger partial charge is 0.441 e. The van der Waals surface area contributed by atoms with Crippen LogP contribution in [0.2, 0.25) is 0 Å². The minimum Gasteiger partial charge on any atom is -0.441 e. The maximum Gasteiger partial charge on any atom is 0.291 e. The van der Waals surface area contributed by atoms with Crippen LogP contribution in [0.1, 0.15) is 5.56 Å². The molecule has 0 saturated carbocycles. The van der Waals surface area contributed by atoms with Gasteiger partial charge in [-0.3, -0.25) is 14.6 Å². The van der Waals surface area contributed by atoms with Crippen molar-refractivity contribution in [3.8, 4) is 11.6 Å². The van der Waals surface area contributed by atoms with E-state index in [0.717, 1.165) is 10.9 Å². The Morgan fingerprint density at radius 2 is 1.87 bits per heavy atom. The third kappa shape index (κ3) is 3.28. The summed E-state index contributed by atoms with van der Waals surface area (Å²) in [5, 5.41) is 5.80. The second-order valence-electron chi connectivity index (χ2n) is 7.18. The predicted molar refractivity (Wildman–Crippen MR) is 115 cm³/mol. The molecule has 5 aromatic rings. The van der Waals surface area contributed by atoms with E-state index < -0.39 is 0 Å². The summed E-state index contributed by atoms with van der Waals surface area (Å²) in [5.41, 5.74) is 1.06. The van der Waals surface area contributed by atoms with Gasteiger partial charge in [-0.1, -0.05) is 24.3 Å². The summed E-state index contributed by atoms with van der Waals surface area (Å²) in [6.45, 7) is 0.0404. The summed E-state index contributed by atoms with van der Waals surface area (Å²) in [6, 6.07) is 16.4. The van der Waals surface area contributed by atoms with Crippen LogP contribution in [-0.2, 0) is 13.6 Å². The Kier molecular flexibility index (Phi) is 4.39. The van der Waals surface area contributed by atoms with Crippen molar-refractivity contribution in [2.24, 2.45) is 7.05 Å². The molecule has 0 amide bonds. The van der Waals surface area contributed by atoms with Crippen LogP contribution in [0, 0.1) is 5.82 Å². The number of hydrogen-bond acceptors (Lipinski definition) is 4. The van der Waals surface area contributed by atoms with E-state index in [-0.39, 0.29) is 23.5 Å². The molecule has 0 bridgehead atoms. The lowest BCUT2D eigenvalue weighted by Gasteiger charge is -2.06. The van der Waals surface area contributed by atoms with Gasteiger partial charge in [-0.25, -0.2) is 9.07 Å². The average Bonchev–Trinajstić information content (AvgIpc) is 3.04. The van der Waals surface area contributed by atoms with Gasteiger partial charge in [0.2, 0.25) is 0 Å². The Bertz CT molecular complexity index is 1570. The average molecular weight is 416 g/mol. The maximum atomic E-state index is 14.0. The van der Waals surface area contributed by atoms with E-state index in [1.54, 1.807) is 60.3 Å². The third-order valence-corrected chi connectivity index (χ3v) is 5.22. The van der Waals surface area contributed by atoms with E-state index in [1.807, 2.05) is 6.07 Å². The standard InChI is InChI=1S/C23H17FN4O3/c1-27-19-11-15(31-21-8-4-7-20(29)26-21)9-10-16(19)17-12-25-28(23(30)22(17)27)13-14-5-2-3-6-18(14)24/h2-12H,13H2,1H3,(H,26,29). The van der Waals surface area contributed by atoms with Gasteiger partial charge in [-0.15, -0.1) is 0 Å². The summed E-state index contributed by atoms with van der Waals surface area (Å²) >= 11 is 0. The normalized spacial score (nSPS) is 11.3. The fourth-order valence-electron chi connectivity index (χ4n) is 3.72. The smallest absolute Gasteiger partial charge is 0.291 e. The zero-order chi connectivity index (χ0) is 21.5. The van der Waals surface area contributed by atoms with E-state index >= 15 is 0 Å². The van der Waals surface area contributed by atoms with Crippen LogP contribution >= 0.6 is 0 Å². The molecule has 0 radical (unpaired) electrons. The summed E-state index contributed by atoms with van der Waals surface area (Å²) in [6.07, 6.45) is 1.62. The molecule has 3 heterocycles. The highest BCUT2D eigenvalue weighted by molar-refractivity contribution is 6.07. The highest BCUT2D eigenvalue weighted by atomic mass is 19.1. The van der Waals surface area contributed by atoms with E-state index in [2.05, 4.69) is 10.1 Å². The quantitative estimate of drug-likeness (QED) is 0.486. The number of pyridine rings is 1. The number of nitrogens with zero attached hydrogens (tertiary/aromatic N) is 3. The second kappa shape index (κ2) is 7.24. The van der Waals surface area contributed by atoms with Crippen LogP contribution in [-0.4, -0.2) is 19.3 Å².